The minimum absolute atomic E-state index is 0.216. The molecule has 0 aromatic rings. The Morgan fingerprint density at radius 1 is 1.00 bits per heavy atom. The SMILES string of the molecule is CC(C)C1CCC(CN)(NCC(C(C)C)C(C)C)CC1. The van der Waals surface area contributed by atoms with E-state index in [4.69, 9.17) is 5.73 Å². The van der Waals surface area contributed by atoms with Crippen molar-refractivity contribution < 1.29 is 0 Å². The van der Waals surface area contributed by atoms with Crippen LogP contribution in [0.5, 0.6) is 0 Å². The second-order valence-electron chi connectivity index (χ2n) is 8.10. The first-order valence-electron chi connectivity index (χ1n) is 8.76. The Balaban J connectivity index is 2.55. The molecule has 1 fully saturated rings. The molecule has 1 saturated carbocycles. The normalized spacial score (nSPS) is 28.1. The van der Waals surface area contributed by atoms with Crippen LogP contribution in [0.1, 0.15) is 67.2 Å². The topological polar surface area (TPSA) is 38.0 Å². The van der Waals surface area contributed by atoms with Crippen molar-refractivity contribution in [2.24, 2.45) is 35.3 Å². The summed E-state index contributed by atoms with van der Waals surface area (Å²) in [4.78, 5) is 0. The Kier molecular flexibility index (Phi) is 7.00. The second kappa shape index (κ2) is 7.79. The molecule has 0 aromatic heterocycles. The molecule has 1 aliphatic rings. The van der Waals surface area contributed by atoms with Crippen LogP contribution in [0.15, 0.2) is 0 Å². The van der Waals surface area contributed by atoms with Crippen molar-refractivity contribution in [3.8, 4) is 0 Å². The first-order valence-corrected chi connectivity index (χ1v) is 8.76. The predicted octanol–water partition coefficient (Wildman–Crippen LogP) is 4.05. The molecule has 0 heterocycles. The minimum atomic E-state index is 0.216. The van der Waals surface area contributed by atoms with E-state index in [1.807, 2.05) is 0 Å². The summed E-state index contributed by atoms with van der Waals surface area (Å²) in [7, 11) is 0. The van der Waals surface area contributed by atoms with Gasteiger partial charge in [0.25, 0.3) is 0 Å². The molecule has 0 spiro atoms. The highest BCUT2D eigenvalue weighted by Crippen LogP contribution is 2.35. The summed E-state index contributed by atoms with van der Waals surface area (Å²) in [5.74, 6) is 3.96. The molecule has 0 aliphatic heterocycles. The van der Waals surface area contributed by atoms with Crippen molar-refractivity contribution in [3.63, 3.8) is 0 Å². The van der Waals surface area contributed by atoms with Gasteiger partial charge in [0.1, 0.15) is 0 Å². The van der Waals surface area contributed by atoms with Gasteiger partial charge in [0.05, 0.1) is 0 Å². The van der Waals surface area contributed by atoms with E-state index in [-0.39, 0.29) is 5.54 Å². The van der Waals surface area contributed by atoms with Crippen LogP contribution in [-0.2, 0) is 0 Å². The van der Waals surface area contributed by atoms with E-state index in [1.54, 1.807) is 0 Å². The Morgan fingerprint density at radius 2 is 1.50 bits per heavy atom. The number of hydrogen-bond donors (Lipinski definition) is 2. The van der Waals surface area contributed by atoms with Gasteiger partial charge in [-0.2, -0.15) is 0 Å². The average molecular weight is 283 g/mol. The van der Waals surface area contributed by atoms with E-state index in [1.165, 1.54) is 25.7 Å². The molecular weight excluding hydrogens is 244 g/mol. The van der Waals surface area contributed by atoms with Crippen molar-refractivity contribution in [3.05, 3.63) is 0 Å². The van der Waals surface area contributed by atoms with Crippen LogP contribution in [0, 0.1) is 29.6 Å². The fraction of sp³-hybridized carbons (Fsp3) is 1.00. The number of nitrogens with one attached hydrogen (secondary N) is 1. The van der Waals surface area contributed by atoms with Crippen molar-refractivity contribution >= 4 is 0 Å². The highest BCUT2D eigenvalue weighted by Gasteiger charge is 2.35. The summed E-state index contributed by atoms with van der Waals surface area (Å²) < 4.78 is 0. The molecule has 20 heavy (non-hydrogen) atoms. The molecule has 0 amide bonds. The molecule has 3 N–H and O–H groups in total. The quantitative estimate of drug-likeness (QED) is 0.739. The molecule has 0 atom stereocenters. The molecule has 0 radical (unpaired) electrons. The highest BCUT2D eigenvalue weighted by atomic mass is 15.0. The van der Waals surface area contributed by atoms with E-state index in [0.717, 1.165) is 42.7 Å². The Labute approximate surface area is 127 Å². The molecule has 0 unspecified atom stereocenters. The van der Waals surface area contributed by atoms with Gasteiger partial charge in [0.15, 0.2) is 0 Å². The van der Waals surface area contributed by atoms with Gasteiger partial charge in [0, 0.05) is 12.1 Å². The van der Waals surface area contributed by atoms with E-state index in [2.05, 4.69) is 46.9 Å². The van der Waals surface area contributed by atoms with E-state index < -0.39 is 0 Å². The van der Waals surface area contributed by atoms with Crippen molar-refractivity contribution in [2.45, 2.75) is 72.8 Å². The van der Waals surface area contributed by atoms with Gasteiger partial charge in [-0.15, -0.1) is 0 Å². The Morgan fingerprint density at radius 3 is 1.85 bits per heavy atom. The summed E-state index contributed by atoms with van der Waals surface area (Å²) in [5, 5.41) is 3.88. The maximum atomic E-state index is 6.14. The van der Waals surface area contributed by atoms with Crippen LogP contribution in [0.3, 0.4) is 0 Å². The third-order valence-corrected chi connectivity index (χ3v) is 5.75. The molecule has 120 valence electrons. The lowest BCUT2D eigenvalue weighted by Gasteiger charge is -2.43. The van der Waals surface area contributed by atoms with Gasteiger partial charge in [-0.05, 0) is 61.8 Å². The van der Waals surface area contributed by atoms with Crippen LogP contribution >= 0.6 is 0 Å². The van der Waals surface area contributed by atoms with E-state index in [0.29, 0.717) is 0 Å². The molecule has 0 bridgehead atoms. The summed E-state index contributed by atoms with van der Waals surface area (Å²) >= 11 is 0. The van der Waals surface area contributed by atoms with Crippen molar-refractivity contribution in [1.29, 1.82) is 0 Å². The van der Waals surface area contributed by atoms with Crippen LogP contribution < -0.4 is 11.1 Å². The summed E-state index contributed by atoms with van der Waals surface area (Å²) in [6.45, 7) is 16.0. The molecule has 1 rings (SSSR count). The lowest BCUT2D eigenvalue weighted by molar-refractivity contribution is 0.147. The fourth-order valence-electron chi connectivity index (χ4n) is 3.89. The predicted molar refractivity (Wildman–Crippen MR) is 89.8 cm³/mol. The van der Waals surface area contributed by atoms with Gasteiger partial charge in [-0.1, -0.05) is 41.5 Å². The molecule has 1 aliphatic carbocycles. The van der Waals surface area contributed by atoms with Gasteiger partial charge in [-0.3, -0.25) is 0 Å². The van der Waals surface area contributed by atoms with Gasteiger partial charge < -0.3 is 11.1 Å². The maximum Gasteiger partial charge on any atom is 0.0304 e. The summed E-state index contributed by atoms with van der Waals surface area (Å²) in [6.07, 6.45) is 5.20. The van der Waals surface area contributed by atoms with Crippen LogP contribution in [0.2, 0.25) is 0 Å². The second-order valence-corrected chi connectivity index (χ2v) is 8.10. The Bertz CT molecular complexity index is 255. The third-order valence-electron chi connectivity index (χ3n) is 5.75. The standard InChI is InChI=1S/C18H38N2/c1-13(2)16-7-9-18(12-19,10-8-16)20-11-17(14(3)4)15(5)6/h13-17,20H,7-12,19H2,1-6H3. The zero-order chi connectivity index (χ0) is 15.3. The minimum Gasteiger partial charge on any atom is -0.329 e. The van der Waals surface area contributed by atoms with E-state index in [9.17, 15) is 0 Å². The van der Waals surface area contributed by atoms with E-state index >= 15 is 0 Å². The first-order chi connectivity index (χ1) is 9.31. The third kappa shape index (κ3) is 4.73. The van der Waals surface area contributed by atoms with Crippen LogP contribution in [-0.4, -0.2) is 18.6 Å². The lowest BCUT2D eigenvalue weighted by atomic mass is 9.72. The molecule has 0 aromatic carbocycles. The zero-order valence-electron chi connectivity index (χ0n) is 14.7. The zero-order valence-corrected chi connectivity index (χ0v) is 14.7. The van der Waals surface area contributed by atoms with Crippen molar-refractivity contribution in [1.82, 2.24) is 5.32 Å². The Hall–Kier alpha value is -0.0800. The van der Waals surface area contributed by atoms with Gasteiger partial charge in [-0.25, -0.2) is 0 Å². The lowest BCUT2D eigenvalue weighted by Crippen LogP contribution is -2.55. The molecule has 2 nitrogen and oxygen atoms in total. The summed E-state index contributed by atoms with van der Waals surface area (Å²) in [5.41, 5.74) is 6.35. The largest absolute Gasteiger partial charge is 0.329 e. The first kappa shape index (κ1) is 18.0. The smallest absolute Gasteiger partial charge is 0.0304 e. The maximum absolute atomic E-state index is 6.14. The monoisotopic (exact) mass is 282 g/mol. The van der Waals surface area contributed by atoms with Crippen LogP contribution in [0.25, 0.3) is 0 Å². The molecule has 2 heteroatoms. The average Bonchev–Trinajstić information content (AvgIpc) is 2.38. The highest BCUT2D eigenvalue weighted by molar-refractivity contribution is 4.95. The number of hydrogen-bond acceptors (Lipinski definition) is 2. The number of rotatable bonds is 7. The molecular formula is C18H38N2. The van der Waals surface area contributed by atoms with Gasteiger partial charge in [0.2, 0.25) is 0 Å². The van der Waals surface area contributed by atoms with Crippen molar-refractivity contribution in [2.75, 3.05) is 13.1 Å². The van der Waals surface area contributed by atoms with Gasteiger partial charge >= 0.3 is 0 Å². The summed E-state index contributed by atoms with van der Waals surface area (Å²) in [6, 6.07) is 0. The molecule has 0 saturated heterocycles. The fourth-order valence-corrected chi connectivity index (χ4v) is 3.89. The number of nitrogens with two attached hydrogens (primary N) is 1. The van der Waals surface area contributed by atoms with Crippen LogP contribution in [0.4, 0.5) is 0 Å².